The lowest BCUT2D eigenvalue weighted by molar-refractivity contribution is -0.159. The molecule has 2 amide bonds. The molecule has 0 bridgehead atoms. The van der Waals surface area contributed by atoms with Gasteiger partial charge in [0.05, 0.1) is 27.4 Å². The quantitative estimate of drug-likeness (QED) is 0.379. The van der Waals surface area contributed by atoms with Crippen molar-refractivity contribution in [1.82, 2.24) is 14.8 Å². The van der Waals surface area contributed by atoms with E-state index in [2.05, 4.69) is 4.98 Å². The number of ether oxygens (including phenoxy) is 3. The van der Waals surface area contributed by atoms with E-state index >= 15 is 0 Å². The van der Waals surface area contributed by atoms with Crippen molar-refractivity contribution in [3.05, 3.63) is 88.1 Å². The van der Waals surface area contributed by atoms with Gasteiger partial charge < -0.3 is 29.0 Å². The fourth-order valence-corrected chi connectivity index (χ4v) is 6.00. The van der Waals surface area contributed by atoms with Crippen molar-refractivity contribution in [3.63, 3.8) is 0 Å². The maximum atomic E-state index is 14.0. The summed E-state index contributed by atoms with van der Waals surface area (Å²) in [7, 11) is 4.67. The Labute approximate surface area is 231 Å². The number of hydrogen-bond acceptors (Lipinski definition) is 5. The molecular weight excluding hydrogens is 518 g/mol. The number of benzene rings is 3. The van der Waals surface area contributed by atoms with Crippen LogP contribution in [-0.4, -0.2) is 60.5 Å². The van der Waals surface area contributed by atoms with E-state index in [9.17, 15) is 9.59 Å². The second kappa shape index (κ2) is 9.85. The summed E-state index contributed by atoms with van der Waals surface area (Å²) < 4.78 is 16.8. The van der Waals surface area contributed by atoms with Gasteiger partial charge in [-0.3, -0.25) is 9.59 Å². The number of halogens is 1. The number of hydrogen-bond donors (Lipinski definition) is 1. The summed E-state index contributed by atoms with van der Waals surface area (Å²) in [5, 5.41) is 1.66. The van der Waals surface area contributed by atoms with Gasteiger partial charge in [-0.2, -0.15) is 0 Å². The molecule has 0 aliphatic carbocycles. The van der Waals surface area contributed by atoms with Crippen LogP contribution in [0.4, 0.5) is 0 Å². The lowest BCUT2D eigenvalue weighted by Crippen LogP contribution is -2.62. The van der Waals surface area contributed by atoms with Crippen molar-refractivity contribution in [2.24, 2.45) is 0 Å². The molecule has 1 saturated heterocycles. The van der Waals surface area contributed by atoms with Crippen molar-refractivity contribution in [1.29, 1.82) is 0 Å². The van der Waals surface area contributed by atoms with Gasteiger partial charge in [0.1, 0.15) is 12.6 Å². The summed E-state index contributed by atoms with van der Waals surface area (Å²) in [5.41, 5.74) is 4.54. The number of fused-ring (bicyclic) bond motifs is 4. The van der Waals surface area contributed by atoms with Gasteiger partial charge in [0, 0.05) is 34.6 Å². The lowest BCUT2D eigenvalue weighted by Gasteiger charge is -2.47. The van der Waals surface area contributed by atoms with Crippen molar-refractivity contribution in [3.8, 4) is 17.2 Å². The van der Waals surface area contributed by atoms with Crippen LogP contribution < -0.4 is 14.2 Å². The molecule has 6 rings (SSSR count). The van der Waals surface area contributed by atoms with E-state index in [0.29, 0.717) is 35.2 Å². The number of H-pyrrole nitrogens is 1. The molecule has 39 heavy (non-hydrogen) atoms. The monoisotopic (exact) mass is 545 g/mol. The Morgan fingerprint density at radius 1 is 0.949 bits per heavy atom. The number of carbonyl (C=O) groups is 2. The molecule has 1 aromatic heterocycles. The lowest BCUT2D eigenvalue weighted by atomic mass is 9.86. The Morgan fingerprint density at radius 2 is 1.64 bits per heavy atom. The fraction of sp³-hybridized carbons (Fsp3) is 0.267. The molecule has 2 aliphatic rings. The zero-order valence-electron chi connectivity index (χ0n) is 21.9. The molecule has 2 aliphatic heterocycles. The van der Waals surface area contributed by atoms with Crippen LogP contribution in [-0.2, 0) is 22.6 Å². The van der Waals surface area contributed by atoms with E-state index in [4.69, 9.17) is 25.8 Å². The maximum absolute atomic E-state index is 14.0. The summed E-state index contributed by atoms with van der Waals surface area (Å²) in [5.74, 6) is 1.20. The van der Waals surface area contributed by atoms with E-state index in [1.165, 1.54) is 0 Å². The number of carbonyl (C=O) groups excluding carboxylic acids is 2. The van der Waals surface area contributed by atoms with E-state index in [1.807, 2.05) is 48.5 Å². The van der Waals surface area contributed by atoms with Crippen LogP contribution in [0, 0.1) is 0 Å². The van der Waals surface area contributed by atoms with Crippen LogP contribution in [0.15, 0.2) is 60.7 Å². The van der Waals surface area contributed by atoms with Crippen LogP contribution in [0.25, 0.3) is 10.9 Å². The average molecular weight is 546 g/mol. The number of amides is 2. The third kappa shape index (κ3) is 4.15. The number of piperazine rings is 1. The first-order valence-corrected chi connectivity index (χ1v) is 13.0. The summed E-state index contributed by atoms with van der Waals surface area (Å²) in [6, 6.07) is 17.8. The molecule has 1 N–H and O–H groups in total. The number of aromatic nitrogens is 1. The Morgan fingerprint density at radius 3 is 2.31 bits per heavy atom. The Kier molecular flexibility index (Phi) is 6.35. The highest BCUT2D eigenvalue weighted by Gasteiger charge is 2.48. The van der Waals surface area contributed by atoms with Gasteiger partial charge in [-0.25, -0.2) is 0 Å². The minimum atomic E-state index is -0.658. The Balaban J connectivity index is 1.48. The van der Waals surface area contributed by atoms with E-state index in [-0.39, 0.29) is 18.4 Å². The molecule has 1 fully saturated rings. The zero-order chi connectivity index (χ0) is 27.3. The molecule has 200 valence electrons. The molecule has 2 atom stereocenters. The fourth-order valence-electron chi connectivity index (χ4n) is 5.87. The van der Waals surface area contributed by atoms with E-state index in [1.54, 1.807) is 43.3 Å². The van der Waals surface area contributed by atoms with E-state index in [0.717, 1.165) is 33.3 Å². The zero-order valence-corrected chi connectivity index (χ0v) is 22.6. The largest absolute Gasteiger partial charge is 0.493 e. The van der Waals surface area contributed by atoms with Crippen molar-refractivity contribution in [2.45, 2.75) is 25.0 Å². The number of nitrogens with one attached hydrogen (secondary N) is 1. The minimum Gasteiger partial charge on any atom is -0.493 e. The number of aromatic amines is 1. The average Bonchev–Trinajstić information content (AvgIpc) is 3.33. The summed E-state index contributed by atoms with van der Waals surface area (Å²) >= 11 is 6.05. The first kappa shape index (κ1) is 25.1. The molecule has 0 spiro atoms. The highest BCUT2D eigenvalue weighted by Crippen LogP contribution is 2.47. The SMILES string of the molecule is COc1cc([C@@H]2c3[nH]c4ccccc4c3C[C@H]3C(=O)N(Cc4ccc(Cl)cc4)CC(=O)N23)cc(OC)c1OC. The number of para-hydroxylation sites is 1. The predicted octanol–water partition coefficient (Wildman–Crippen LogP) is 4.73. The number of rotatable bonds is 6. The van der Waals surface area contributed by atoms with Gasteiger partial charge in [0.15, 0.2) is 11.5 Å². The molecular formula is C30H28ClN3O5. The highest BCUT2D eigenvalue weighted by atomic mass is 35.5. The smallest absolute Gasteiger partial charge is 0.246 e. The molecule has 9 heteroatoms. The maximum Gasteiger partial charge on any atom is 0.246 e. The van der Waals surface area contributed by atoms with Crippen LogP contribution in [0.2, 0.25) is 5.02 Å². The third-order valence-corrected chi connectivity index (χ3v) is 7.88. The predicted molar refractivity (Wildman–Crippen MR) is 147 cm³/mol. The molecule has 0 radical (unpaired) electrons. The summed E-state index contributed by atoms with van der Waals surface area (Å²) in [4.78, 5) is 34.8. The molecule has 0 saturated carbocycles. The molecule has 3 aromatic carbocycles. The topological polar surface area (TPSA) is 84.1 Å². The van der Waals surface area contributed by atoms with Gasteiger partial charge in [0.2, 0.25) is 17.6 Å². The second-order valence-corrected chi connectivity index (χ2v) is 10.2. The Hall–Kier alpha value is -4.17. The summed E-state index contributed by atoms with van der Waals surface area (Å²) in [6.07, 6.45) is 0.419. The van der Waals surface area contributed by atoms with Gasteiger partial charge in [-0.1, -0.05) is 41.9 Å². The molecule has 4 aromatic rings. The van der Waals surface area contributed by atoms with Crippen molar-refractivity contribution in [2.75, 3.05) is 27.9 Å². The van der Waals surface area contributed by atoms with Gasteiger partial charge >= 0.3 is 0 Å². The van der Waals surface area contributed by atoms with Crippen LogP contribution in [0.3, 0.4) is 0 Å². The number of methoxy groups -OCH3 is 3. The van der Waals surface area contributed by atoms with Gasteiger partial charge in [-0.15, -0.1) is 0 Å². The van der Waals surface area contributed by atoms with E-state index < -0.39 is 12.1 Å². The van der Waals surface area contributed by atoms with Crippen LogP contribution in [0.5, 0.6) is 17.2 Å². The van der Waals surface area contributed by atoms with Gasteiger partial charge in [0.25, 0.3) is 0 Å². The second-order valence-electron chi connectivity index (χ2n) is 9.77. The standard InChI is InChI=1S/C30H28ClN3O5/c1-37-24-12-18(13-25(38-2)29(24)39-3)28-27-21(20-6-4-5-7-22(20)32-27)14-23-30(36)33(16-26(35)34(23)28)15-17-8-10-19(31)11-9-17/h4-13,23,28,32H,14-16H2,1-3H3/t23-,28+/m0/s1. The third-order valence-electron chi connectivity index (χ3n) is 7.63. The highest BCUT2D eigenvalue weighted by molar-refractivity contribution is 6.30. The molecule has 8 nitrogen and oxygen atoms in total. The van der Waals surface area contributed by atoms with Crippen LogP contribution >= 0.6 is 11.6 Å². The van der Waals surface area contributed by atoms with Gasteiger partial charge in [-0.05, 0) is 47.0 Å². The van der Waals surface area contributed by atoms with Crippen molar-refractivity contribution < 1.29 is 23.8 Å². The molecule has 0 unspecified atom stereocenters. The Bertz CT molecular complexity index is 1560. The number of nitrogens with zero attached hydrogens (tertiary/aromatic N) is 2. The summed E-state index contributed by atoms with van der Waals surface area (Å²) in [6.45, 7) is 0.316. The minimum absolute atomic E-state index is 0.0194. The normalized spacial score (nSPS) is 18.7. The first-order valence-electron chi connectivity index (χ1n) is 12.7. The first-order chi connectivity index (χ1) is 18.9. The molecule has 3 heterocycles. The van der Waals surface area contributed by atoms with Crippen LogP contribution in [0.1, 0.15) is 28.4 Å². The van der Waals surface area contributed by atoms with Crippen molar-refractivity contribution >= 4 is 34.3 Å².